The van der Waals surface area contributed by atoms with Gasteiger partial charge in [0.05, 0.1) is 16.2 Å². The Morgan fingerprint density at radius 2 is 1.95 bits per heavy atom. The van der Waals surface area contributed by atoms with Gasteiger partial charge in [-0.25, -0.2) is 4.39 Å². The van der Waals surface area contributed by atoms with Crippen LogP contribution in [-0.2, 0) is 0 Å². The minimum Gasteiger partial charge on any atom is -0.382 e. The fourth-order valence-corrected chi connectivity index (χ4v) is 1.91. The normalized spacial score (nSPS) is 9.76. The van der Waals surface area contributed by atoms with Gasteiger partial charge in [-0.2, -0.15) is 5.26 Å². The van der Waals surface area contributed by atoms with Gasteiger partial charge < -0.3 is 10.6 Å². The lowest BCUT2D eigenvalue weighted by atomic mass is 10.1. The molecular formula is C14H11FN4O2. The lowest BCUT2D eigenvalue weighted by Crippen LogP contribution is -2.02. The van der Waals surface area contributed by atoms with Crippen LogP contribution in [0.3, 0.4) is 0 Å². The van der Waals surface area contributed by atoms with Gasteiger partial charge >= 0.3 is 5.69 Å². The molecule has 2 aromatic rings. The van der Waals surface area contributed by atoms with E-state index in [2.05, 4.69) is 10.6 Å². The molecule has 6 nitrogen and oxygen atoms in total. The second-order valence-corrected chi connectivity index (χ2v) is 4.14. The Labute approximate surface area is 120 Å². The first kappa shape index (κ1) is 14.3. The number of hydrogen-bond acceptors (Lipinski definition) is 5. The van der Waals surface area contributed by atoms with E-state index in [-0.39, 0.29) is 16.9 Å². The Hall–Kier alpha value is -3.14. The Morgan fingerprint density at radius 1 is 1.24 bits per heavy atom. The topological polar surface area (TPSA) is 91.0 Å². The van der Waals surface area contributed by atoms with Crippen molar-refractivity contribution in [3.05, 3.63) is 57.9 Å². The molecule has 0 radical (unpaired) electrons. The average Bonchev–Trinajstić information content (AvgIpc) is 2.48. The number of nitriles is 1. The lowest BCUT2D eigenvalue weighted by Gasteiger charge is -2.11. The number of benzene rings is 2. The van der Waals surface area contributed by atoms with Gasteiger partial charge in [-0.1, -0.05) is 6.07 Å². The summed E-state index contributed by atoms with van der Waals surface area (Å²) < 4.78 is 13.1. The van der Waals surface area contributed by atoms with Gasteiger partial charge in [0.2, 0.25) is 0 Å². The van der Waals surface area contributed by atoms with Crippen LogP contribution in [0.1, 0.15) is 5.56 Å². The van der Waals surface area contributed by atoms with Crippen LogP contribution >= 0.6 is 0 Å². The average molecular weight is 286 g/mol. The van der Waals surface area contributed by atoms with Crippen molar-refractivity contribution in [3.8, 4) is 6.07 Å². The number of anilines is 3. The van der Waals surface area contributed by atoms with E-state index in [1.54, 1.807) is 19.2 Å². The van der Waals surface area contributed by atoms with E-state index < -0.39 is 10.7 Å². The number of nitro groups is 1. The quantitative estimate of drug-likeness (QED) is 0.664. The van der Waals surface area contributed by atoms with Gasteiger partial charge in [0.15, 0.2) is 0 Å². The summed E-state index contributed by atoms with van der Waals surface area (Å²) in [5.41, 5.74) is 0.781. The van der Waals surface area contributed by atoms with E-state index in [9.17, 15) is 14.5 Å². The molecular weight excluding hydrogens is 275 g/mol. The van der Waals surface area contributed by atoms with Crippen LogP contribution in [0.25, 0.3) is 0 Å². The predicted octanol–water partition coefficient (Wildman–Crippen LogP) is 3.39. The molecule has 106 valence electrons. The number of nitrogens with zero attached hydrogens (tertiary/aromatic N) is 2. The summed E-state index contributed by atoms with van der Waals surface area (Å²) in [5, 5.41) is 25.7. The van der Waals surface area contributed by atoms with Crippen molar-refractivity contribution >= 4 is 22.7 Å². The smallest absolute Gasteiger partial charge is 0.315 e. The molecule has 0 atom stereocenters. The Morgan fingerprint density at radius 3 is 2.57 bits per heavy atom. The van der Waals surface area contributed by atoms with E-state index in [4.69, 9.17) is 5.26 Å². The highest BCUT2D eigenvalue weighted by atomic mass is 19.1. The van der Waals surface area contributed by atoms with E-state index in [0.717, 1.165) is 6.07 Å². The highest BCUT2D eigenvalue weighted by Gasteiger charge is 2.19. The summed E-state index contributed by atoms with van der Waals surface area (Å²) in [6.07, 6.45) is 0. The molecule has 0 saturated heterocycles. The largest absolute Gasteiger partial charge is 0.382 e. The third-order valence-corrected chi connectivity index (χ3v) is 2.86. The molecule has 0 aliphatic carbocycles. The lowest BCUT2D eigenvalue weighted by molar-refractivity contribution is -0.383. The van der Waals surface area contributed by atoms with Crippen molar-refractivity contribution in [1.82, 2.24) is 0 Å². The van der Waals surface area contributed by atoms with Crippen molar-refractivity contribution in [2.45, 2.75) is 0 Å². The van der Waals surface area contributed by atoms with Gasteiger partial charge in [-0.3, -0.25) is 10.1 Å². The van der Waals surface area contributed by atoms with Crippen LogP contribution < -0.4 is 10.6 Å². The van der Waals surface area contributed by atoms with Crippen LogP contribution in [0.2, 0.25) is 0 Å². The molecule has 0 saturated carbocycles. The maximum atomic E-state index is 13.1. The standard InChI is InChI=1S/C14H11FN4O2/c1-17-12-3-2-4-13(14(12)19(20)21)18-11-6-5-10(15)7-9(11)8-16/h2-7,17-18H,1H3. The highest BCUT2D eigenvalue weighted by Crippen LogP contribution is 2.35. The first-order chi connectivity index (χ1) is 10.1. The zero-order valence-electron chi connectivity index (χ0n) is 11.1. The molecule has 0 aliphatic rings. The number of rotatable bonds is 4. The second-order valence-electron chi connectivity index (χ2n) is 4.14. The monoisotopic (exact) mass is 286 g/mol. The summed E-state index contributed by atoms with van der Waals surface area (Å²) in [6, 6.07) is 10.2. The molecule has 0 fully saturated rings. The summed E-state index contributed by atoms with van der Waals surface area (Å²) >= 11 is 0. The zero-order valence-corrected chi connectivity index (χ0v) is 11.1. The summed E-state index contributed by atoms with van der Waals surface area (Å²) in [5.74, 6) is -0.546. The van der Waals surface area contributed by atoms with Crippen LogP contribution in [0.15, 0.2) is 36.4 Å². The fourth-order valence-electron chi connectivity index (χ4n) is 1.91. The molecule has 0 spiro atoms. The molecule has 0 aliphatic heterocycles. The van der Waals surface area contributed by atoms with Gasteiger partial charge in [-0.15, -0.1) is 0 Å². The Balaban J connectivity index is 2.50. The number of nitrogens with one attached hydrogen (secondary N) is 2. The molecule has 2 aromatic carbocycles. The molecule has 0 bridgehead atoms. The first-order valence-electron chi connectivity index (χ1n) is 5.98. The third kappa shape index (κ3) is 2.90. The van der Waals surface area contributed by atoms with Gasteiger partial charge in [-0.05, 0) is 30.3 Å². The van der Waals surface area contributed by atoms with Crippen molar-refractivity contribution in [2.24, 2.45) is 0 Å². The van der Waals surface area contributed by atoms with Crippen LogP contribution in [0.4, 0.5) is 27.1 Å². The Bertz CT molecular complexity index is 740. The number of para-hydroxylation sites is 1. The third-order valence-electron chi connectivity index (χ3n) is 2.86. The molecule has 0 heterocycles. The van der Waals surface area contributed by atoms with Crippen molar-refractivity contribution in [2.75, 3.05) is 17.7 Å². The molecule has 2 rings (SSSR count). The fraction of sp³-hybridized carbons (Fsp3) is 0.0714. The summed E-state index contributed by atoms with van der Waals surface area (Å²) in [4.78, 5) is 10.7. The van der Waals surface area contributed by atoms with Crippen LogP contribution in [0.5, 0.6) is 0 Å². The zero-order chi connectivity index (χ0) is 15.4. The summed E-state index contributed by atoms with van der Waals surface area (Å²) in [6.45, 7) is 0. The van der Waals surface area contributed by atoms with Gasteiger partial charge in [0.25, 0.3) is 0 Å². The Kier molecular flexibility index (Phi) is 4.00. The predicted molar refractivity (Wildman–Crippen MR) is 77.0 cm³/mol. The van der Waals surface area contributed by atoms with Gasteiger partial charge in [0.1, 0.15) is 23.3 Å². The van der Waals surface area contributed by atoms with Gasteiger partial charge in [0, 0.05) is 7.05 Å². The highest BCUT2D eigenvalue weighted by molar-refractivity contribution is 5.80. The minimum atomic E-state index is -0.546. The maximum Gasteiger partial charge on any atom is 0.315 e. The van der Waals surface area contributed by atoms with E-state index in [1.165, 1.54) is 18.2 Å². The molecule has 7 heteroatoms. The minimum absolute atomic E-state index is 0.0687. The molecule has 0 aromatic heterocycles. The van der Waals surface area contributed by atoms with Crippen molar-refractivity contribution in [3.63, 3.8) is 0 Å². The molecule has 0 unspecified atom stereocenters. The molecule has 21 heavy (non-hydrogen) atoms. The second kappa shape index (κ2) is 5.88. The number of nitro benzene ring substituents is 1. The molecule has 0 amide bonds. The van der Waals surface area contributed by atoms with Crippen molar-refractivity contribution in [1.29, 1.82) is 5.26 Å². The van der Waals surface area contributed by atoms with Crippen molar-refractivity contribution < 1.29 is 9.31 Å². The van der Waals surface area contributed by atoms with E-state index in [0.29, 0.717) is 11.4 Å². The number of hydrogen-bond donors (Lipinski definition) is 2. The van der Waals surface area contributed by atoms with E-state index in [1.807, 2.05) is 6.07 Å². The van der Waals surface area contributed by atoms with Crippen LogP contribution in [-0.4, -0.2) is 12.0 Å². The van der Waals surface area contributed by atoms with Crippen LogP contribution in [0, 0.1) is 27.3 Å². The number of halogens is 1. The maximum absolute atomic E-state index is 13.1. The summed E-state index contributed by atoms with van der Waals surface area (Å²) in [7, 11) is 1.57. The van der Waals surface area contributed by atoms with E-state index >= 15 is 0 Å². The SMILES string of the molecule is CNc1cccc(Nc2ccc(F)cc2C#N)c1[N+](=O)[O-]. The molecule has 2 N–H and O–H groups in total. The first-order valence-corrected chi connectivity index (χ1v) is 5.98.